The molecule has 44 heavy (non-hydrogen) atoms. The molecule has 0 radical (unpaired) electrons. The largest absolute Gasteiger partial charge is 0.462 e. The van der Waals surface area contributed by atoms with Crippen LogP contribution in [0.25, 0.3) is 45.4 Å². The second-order valence-electron chi connectivity index (χ2n) is 9.46. The van der Waals surface area contributed by atoms with Crippen molar-refractivity contribution >= 4 is 69.2 Å². The summed E-state index contributed by atoms with van der Waals surface area (Å²) < 4.78 is 21.4. The number of fused-ring (bicyclic) bond motifs is 8. The van der Waals surface area contributed by atoms with Crippen molar-refractivity contribution in [3.05, 3.63) is 70.3 Å². The summed E-state index contributed by atoms with van der Waals surface area (Å²) in [6.45, 7) is 6.50. The maximum Gasteiger partial charge on any atom is 0.342 e. The maximum absolute atomic E-state index is 13.7. The zero-order valence-electron chi connectivity index (χ0n) is 24.6. The van der Waals surface area contributed by atoms with E-state index in [9.17, 15) is 19.2 Å². The number of nitrogens with zero attached hydrogens (tertiary/aromatic N) is 2. The smallest absolute Gasteiger partial charge is 0.342 e. The lowest BCUT2D eigenvalue weighted by Crippen LogP contribution is -2.16. The molecule has 0 saturated carbocycles. The van der Waals surface area contributed by atoms with Gasteiger partial charge in [-0.2, -0.15) is 0 Å². The molecule has 5 heterocycles. The van der Waals surface area contributed by atoms with E-state index in [-0.39, 0.29) is 65.6 Å². The molecule has 0 aliphatic carbocycles. The van der Waals surface area contributed by atoms with Gasteiger partial charge in [0.15, 0.2) is 0 Å². The van der Waals surface area contributed by atoms with Crippen molar-refractivity contribution in [2.75, 3.05) is 26.4 Å². The van der Waals surface area contributed by atoms with Crippen molar-refractivity contribution in [2.24, 2.45) is 0 Å². The van der Waals surface area contributed by atoms with Crippen LogP contribution in [0.4, 0.5) is 0 Å². The van der Waals surface area contributed by atoms with Crippen LogP contribution in [0.2, 0.25) is 0 Å². The Labute approximate surface area is 251 Å². The molecular weight excluding hydrogens is 568 g/mol. The van der Waals surface area contributed by atoms with Crippen LogP contribution in [0.1, 0.15) is 71.2 Å². The number of hydrogen-bond acceptors (Lipinski definition) is 10. The Morgan fingerprint density at radius 2 is 1.18 bits per heavy atom. The van der Waals surface area contributed by atoms with Gasteiger partial charge < -0.3 is 28.9 Å². The number of carbonyl (C=O) groups excluding carboxylic acids is 4. The standard InChI is InChI=1S/C32H30N4O8/c1-5-41-29(37)22-15-21-14-19-10-9-17(33-19)13-18-11-12-20(34-18)16-23-24(30(38)42-6-2)25(31(39)43-7-3)28(36-23)26(27(22)35-21)32(40)44-8-4/h9-16,33,35H,5-8H2,1-4H3. The van der Waals surface area contributed by atoms with E-state index in [0.717, 1.165) is 5.52 Å². The highest BCUT2D eigenvalue weighted by Gasteiger charge is 2.37. The first-order valence-electron chi connectivity index (χ1n) is 14.1. The van der Waals surface area contributed by atoms with E-state index in [2.05, 4.69) is 19.9 Å². The van der Waals surface area contributed by atoms with Crippen LogP contribution in [-0.4, -0.2) is 70.2 Å². The molecule has 0 amide bonds. The van der Waals surface area contributed by atoms with Crippen molar-refractivity contribution in [1.82, 2.24) is 19.9 Å². The van der Waals surface area contributed by atoms with Crippen molar-refractivity contribution in [2.45, 2.75) is 27.7 Å². The van der Waals surface area contributed by atoms with Crippen molar-refractivity contribution in [3.63, 3.8) is 0 Å². The molecule has 0 unspecified atom stereocenters. The highest BCUT2D eigenvalue weighted by molar-refractivity contribution is 6.39. The van der Waals surface area contributed by atoms with Gasteiger partial charge in [-0.05, 0) is 76.2 Å². The predicted molar refractivity (Wildman–Crippen MR) is 162 cm³/mol. The minimum atomic E-state index is -0.920. The Bertz CT molecular complexity index is 1900. The Kier molecular flexibility index (Phi) is 8.70. The average molecular weight is 599 g/mol. The maximum atomic E-state index is 13.7. The molecule has 226 valence electrons. The lowest BCUT2D eigenvalue weighted by molar-refractivity contribution is -0.138. The number of aromatic amines is 2. The second kappa shape index (κ2) is 12.8. The first kappa shape index (κ1) is 30.0. The van der Waals surface area contributed by atoms with Crippen LogP contribution in [0.15, 0.2) is 36.4 Å². The molecule has 0 atom stereocenters. The highest BCUT2D eigenvalue weighted by atomic mass is 16.5. The zero-order chi connectivity index (χ0) is 31.4. The fourth-order valence-corrected chi connectivity index (χ4v) is 4.84. The molecule has 0 spiro atoms. The van der Waals surface area contributed by atoms with Gasteiger partial charge in [0.1, 0.15) is 16.7 Å². The third-order valence-electron chi connectivity index (χ3n) is 6.55. The predicted octanol–water partition coefficient (Wildman–Crippen LogP) is 4.88. The van der Waals surface area contributed by atoms with Crippen LogP contribution >= 0.6 is 0 Å². The van der Waals surface area contributed by atoms with Crippen LogP contribution in [0.5, 0.6) is 0 Å². The van der Waals surface area contributed by atoms with Crippen LogP contribution in [0.3, 0.4) is 0 Å². The third kappa shape index (κ3) is 5.87. The summed E-state index contributed by atoms with van der Waals surface area (Å²) >= 11 is 0. The fraction of sp³-hybridized carbons (Fsp3) is 0.250. The van der Waals surface area contributed by atoms with Gasteiger partial charge in [-0.1, -0.05) is 0 Å². The topological polar surface area (TPSA) is 163 Å². The van der Waals surface area contributed by atoms with E-state index >= 15 is 0 Å². The number of rotatable bonds is 8. The molecule has 2 N–H and O–H groups in total. The Hall–Kier alpha value is -5.52. The Morgan fingerprint density at radius 3 is 1.84 bits per heavy atom. The van der Waals surface area contributed by atoms with Gasteiger partial charge in [-0.3, -0.25) is 0 Å². The number of carbonyl (C=O) groups is 4. The van der Waals surface area contributed by atoms with E-state index in [4.69, 9.17) is 18.9 Å². The normalized spacial score (nSPS) is 12.2. The molecular formula is C32H30N4O8. The molecule has 12 nitrogen and oxygen atoms in total. The molecule has 0 saturated heterocycles. The molecule has 8 bridgehead atoms. The highest BCUT2D eigenvalue weighted by Crippen LogP contribution is 2.36. The van der Waals surface area contributed by atoms with E-state index < -0.39 is 23.9 Å². The van der Waals surface area contributed by atoms with Crippen LogP contribution < -0.4 is 0 Å². The number of ether oxygens (including phenoxy) is 4. The second-order valence-corrected chi connectivity index (χ2v) is 9.46. The lowest BCUT2D eigenvalue weighted by atomic mass is 10.0. The summed E-state index contributed by atoms with van der Waals surface area (Å²) in [6.07, 6.45) is 3.51. The number of esters is 4. The minimum absolute atomic E-state index is 0.00400. The van der Waals surface area contributed by atoms with Gasteiger partial charge in [0.25, 0.3) is 0 Å². The molecule has 0 fully saturated rings. The van der Waals surface area contributed by atoms with Gasteiger partial charge in [-0.25, -0.2) is 29.1 Å². The number of hydrogen-bond donors (Lipinski definition) is 2. The molecule has 2 aliphatic rings. The molecule has 5 rings (SSSR count). The van der Waals surface area contributed by atoms with Crippen LogP contribution in [0, 0.1) is 0 Å². The molecule has 3 aromatic rings. The van der Waals surface area contributed by atoms with E-state index in [1.807, 2.05) is 18.2 Å². The molecule has 2 aliphatic heterocycles. The molecule has 3 aromatic heterocycles. The summed E-state index contributed by atoms with van der Waals surface area (Å²) in [5.41, 5.74) is 1.88. The van der Waals surface area contributed by atoms with Crippen LogP contribution in [-0.2, 0) is 28.5 Å². The van der Waals surface area contributed by atoms with Crippen molar-refractivity contribution in [3.8, 4) is 0 Å². The summed E-state index contributed by atoms with van der Waals surface area (Å²) in [5, 5.41) is 0. The van der Waals surface area contributed by atoms with Crippen molar-refractivity contribution in [1.29, 1.82) is 0 Å². The summed E-state index contributed by atoms with van der Waals surface area (Å²) in [5.74, 6) is -3.40. The first-order valence-corrected chi connectivity index (χ1v) is 14.1. The van der Waals surface area contributed by atoms with Crippen molar-refractivity contribution < 1.29 is 38.1 Å². The van der Waals surface area contributed by atoms with Gasteiger partial charge >= 0.3 is 23.9 Å². The Balaban J connectivity index is 2.03. The van der Waals surface area contributed by atoms with Gasteiger partial charge in [0, 0.05) is 16.6 Å². The summed E-state index contributed by atoms with van der Waals surface area (Å²) in [4.78, 5) is 69.5. The fourth-order valence-electron chi connectivity index (χ4n) is 4.84. The Morgan fingerprint density at radius 1 is 0.614 bits per heavy atom. The minimum Gasteiger partial charge on any atom is -0.462 e. The summed E-state index contributed by atoms with van der Waals surface area (Å²) in [7, 11) is 0. The van der Waals surface area contributed by atoms with E-state index in [1.165, 1.54) is 12.1 Å². The van der Waals surface area contributed by atoms with Gasteiger partial charge in [-0.15, -0.1) is 0 Å². The quantitative estimate of drug-likeness (QED) is 0.211. The summed E-state index contributed by atoms with van der Waals surface area (Å²) in [6, 6.07) is 10.3. The monoisotopic (exact) mass is 598 g/mol. The zero-order valence-corrected chi connectivity index (χ0v) is 24.6. The van der Waals surface area contributed by atoms with Gasteiger partial charge in [0.2, 0.25) is 0 Å². The molecule has 12 heteroatoms. The lowest BCUT2D eigenvalue weighted by Gasteiger charge is -2.10. The molecule has 0 aromatic carbocycles. The number of aromatic nitrogens is 4. The third-order valence-corrected chi connectivity index (χ3v) is 6.55. The van der Waals surface area contributed by atoms with E-state index in [0.29, 0.717) is 22.4 Å². The number of H-pyrrole nitrogens is 2. The SMILES string of the molecule is CCOC(=O)C1=C(C(=O)OCC)c2nc1cc1nc(cc3ccc(cc4cc(C(=O)OCC)c([nH]4)c2C(=O)OCC)[nH]3)C=C1. The first-order chi connectivity index (χ1) is 21.3. The average Bonchev–Trinajstić information content (AvgIpc) is 3.77. The van der Waals surface area contributed by atoms with Gasteiger partial charge in [0.05, 0.1) is 60.3 Å². The number of nitrogens with one attached hydrogen (secondary N) is 2. The van der Waals surface area contributed by atoms with E-state index in [1.54, 1.807) is 45.9 Å².